The van der Waals surface area contributed by atoms with Crippen LogP contribution in [-0.4, -0.2) is 58.6 Å². The van der Waals surface area contributed by atoms with Crippen molar-refractivity contribution in [3.8, 4) is 0 Å². The normalized spacial score (nSPS) is 24.7. The van der Waals surface area contributed by atoms with E-state index in [0.717, 1.165) is 10.6 Å². The predicted molar refractivity (Wildman–Crippen MR) is 144 cm³/mol. The highest BCUT2D eigenvalue weighted by Crippen LogP contribution is 2.61. The Morgan fingerprint density at radius 2 is 1.38 bits per heavy atom. The van der Waals surface area contributed by atoms with E-state index >= 15 is 0 Å². The van der Waals surface area contributed by atoms with Crippen LogP contribution in [0.15, 0.2) is 113 Å². The molecule has 0 spiro atoms. The Morgan fingerprint density at radius 3 is 1.77 bits per heavy atom. The zero-order chi connectivity index (χ0) is 28.4. The van der Waals surface area contributed by atoms with Gasteiger partial charge in [0.15, 0.2) is 0 Å². The second-order valence-corrected chi connectivity index (χ2v) is 9.38. The first-order valence-electron chi connectivity index (χ1n) is 12.7. The molecule has 3 aromatic carbocycles. The Morgan fingerprint density at radius 1 is 0.875 bits per heavy atom. The van der Waals surface area contributed by atoms with E-state index in [1.165, 1.54) is 20.4 Å². The van der Waals surface area contributed by atoms with Crippen LogP contribution in [0, 0.1) is 0 Å². The predicted octanol–water partition coefficient (Wildman–Crippen LogP) is 1.90. The highest BCUT2D eigenvalue weighted by molar-refractivity contribution is 5.55. The molecule has 1 aromatic heterocycles. The molecule has 0 amide bonds. The highest BCUT2D eigenvalue weighted by atomic mass is 17.2. The van der Waals surface area contributed by atoms with Crippen LogP contribution in [0.3, 0.4) is 0 Å². The largest absolute Gasteiger partial charge is 0.394 e. The van der Waals surface area contributed by atoms with Crippen molar-refractivity contribution in [1.82, 2.24) is 9.55 Å². The molecule has 40 heavy (non-hydrogen) atoms. The first-order chi connectivity index (χ1) is 19.4. The third-order valence-electron chi connectivity index (χ3n) is 7.52. The molecule has 0 radical (unpaired) electrons. The van der Waals surface area contributed by atoms with Crippen molar-refractivity contribution >= 4 is 0 Å². The number of nitrogens with zero attached hydrogens (tertiary/aromatic N) is 1. The van der Waals surface area contributed by atoms with Crippen LogP contribution >= 0.6 is 0 Å². The second-order valence-electron chi connectivity index (χ2n) is 9.38. The number of hydrogen-bond acceptors (Lipinski definition) is 8. The molecule has 4 aromatic rings. The number of aliphatic hydroxyl groups is 2. The first-order valence-corrected chi connectivity index (χ1v) is 12.7. The molecular weight excluding hydrogens is 516 g/mol. The SMILES string of the molecule is COO[C@]1(OC)[C@H](O)[C@@H](CO)O[C@]1(n1ccc(=O)[nH]c1=O)C(c1ccccc1)(c1ccccc1)c1ccccc1. The van der Waals surface area contributed by atoms with Gasteiger partial charge in [-0.3, -0.25) is 14.3 Å². The molecule has 0 saturated carbocycles. The first kappa shape index (κ1) is 27.7. The molecule has 1 saturated heterocycles. The number of nitrogens with one attached hydrogen (secondary N) is 1. The fraction of sp³-hybridized carbons (Fsp3) is 0.267. The van der Waals surface area contributed by atoms with Gasteiger partial charge < -0.3 is 19.7 Å². The van der Waals surface area contributed by atoms with Gasteiger partial charge in [0, 0.05) is 19.4 Å². The summed E-state index contributed by atoms with van der Waals surface area (Å²) in [5.41, 5.74) is -3.38. The van der Waals surface area contributed by atoms with Crippen molar-refractivity contribution in [1.29, 1.82) is 0 Å². The van der Waals surface area contributed by atoms with Gasteiger partial charge in [-0.05, 0) is 16.7 Å². The lowest BCUT2D eigenvalue weighted by Gasteiger charge is -2.54. The van der Waals surface area contributed by atoms with Crippen LogP contribution in [-0.2, 0) is 30.4 Å². The molecule has 0 unspecified atom stereocenters. The van der Waals surface area contributed by atoms with Gasteiger partial charge in [0.25, 0.3) is 11.3 Å². The zero-order valence-corrected chi connectivity index (χ0v) is 22.0. The number of H-pyrrole nitrogens is 1. The lowest BCUT2D eigenvalue weighted by atomic mass is 9.59. The quantitative estimate of drug-likeness (QED) is 0.126. The van der Waals surface area contributed by atoms with Gasteiger partial charge >= 0.3 is 5.69 Å². The molecule has 0 bridgehead atoms. The van der Waals surface area contributed by atoms with Gasteiger partial charge in [0.05, 0.1) is 19.1 Å². The molecule has 3 N–H and O–H groups in total. The summed E-state index contributed by atoms with van der Waals surface area (Å²) in [5, 5.41) is 22.2. The van der Waals surface area contributed by atoms with E-state index in [-0.39, 0.29) is 0 Å². The topological polar surface area (TPSA) is 132 Å². The summed E-state index contributed by atoms with van der Waals surface area (Å²) in [7, 11) is 2.51. The Balaban J connectivity index is 2.11. The molecule has 2 heterocycles. The van der Waals surface area contributed by atoms with E-state index in [1.807, 2.05) is 91.0 Å². The average Bonchev–Trinajstić information content (AvgIpc) is 3.24. The van der Waals surface area contributed by atoms with Crippen LogP contribution in [0.2, 0.25) is 0 Å². The summed E-state index contributed by atoms with van der Waals surface area (Å²) < 4.78 is 13.9. The van der Waals surface area contributed by atoms with E-state index in [9.17, 15) is 19.8 Å². The minimum Gasteiger partial charge on any atom is -0.394 e. The Kier molecular flexibility index (Phi) is 7.56. The smallest absolute Gasteiger partial charge is 0.330 e. The molecule has 10 heteroatoms. The molecular formula is C30H30N2O8. The number of aromatic nitrogens is 2. The second kappa shape index (κ2) is 10.9. The summed E-state index contributed by atoms with van der Waals surface area (Å²) in [4.78, 5) is 39.4. The summed E-state index contributed by atoms with van der Waals surface area (Å²) in [5.74, 6) is -2.29. The van der Waals surface area contributed by atoms with Crippen molar-refractivity contribution in [2.24, 2.45) is 0 Å². The minimum absolute atomic E-state index is 0.623. The molecule has 1 aliphatic heterocycles. The number of ether oxygens (including phenoxy) is 2. The lowest BCUT2D eigenvalue weighted by Crippen LogP contribution is -2.71. The highest BCUT2D eigenvalue weighted by Gasteiger charge is 2.79. The standard InChI is InChI=1S/C30H30N2O8/c1-37-29(40-38-2)26(35)24(20-33)39-30(29,32-19-18-25(34)31-27(32)36)28(21-12-6-3-7-13-21,22-14-8-4-9-15-22)23-16-10-5-11-17-23/h3-19,24,26,33,35H,20H2,1-2H3,(H,31,34,36)/t24-,26-,29-,30-/m1/s1. The summed E-state index contributed by atoms with van der Waals surface area (Å²) in [6.45, 7) is -0.659. The van der Waals surface area contributed by atoms with Crippen molar-refractivity contribution in [3.05, 3.63) is 141 Å². The molecule has 0 aliphatic carbocycles. The maximum atomic E-state index is 13.8. The van der Waals surface area contributed by atoms with E-state index in [4.69, 9.17) is 19.2 Å². The van der Waals surface area contributed by atoms with E-state index in [2.05, 4.69) is 4.98 Å². The number of methoxy groups -OCH3 is 1. The molecule has 1 aliphatic rings. The van der Waals surface area contributed by atoms with Crippen molar-refractivity contribution in [2.45, 2.75) is 29.1 Å². The van der Waals surface area contributed by atoms with Gasteiger partial charge in [0.2, 0.25) is 5.72 Å². The minimum atomic E-state index is -2.29. The number of benzene rings is 3. The molecule has 5 rings (SSSR count). The molecule has 208 valence electrons. The fourth-order valence-electron chi connectivity index (χ4n) is 6.04. The third kappa shape index (κ3) is 3.80. The number of aliphatic hydroxyl groups excluding tert-OH is 2. The Labute approximate surface area is 229 Å². The average molecular weight is 547 g/mol. The van der Waals surface area contributed by atoms with Crippen LogP contribution in [0.5, 0.6) is 0 Å². The molecule has 4 atom stereocenters. The number of hydrogen-bond donors (Lipinski definition) is 3. The van der Waals surface area contributed by atoms with Gasteiger partial charge in [0.1, 0.15) is 12.2 Å². The van der Waals surface area contributed by atoms with Crippen LogP contribution < -0.4 is 11.2 Å². The van der Waals surface area contributed by atoms with E-state index in [0.29, 0.717) is 16.7 Å². The number of rotatable bonds is 9. The van der Waals surface area contributed by atoms with Gasteiger partial charge in [-0.2, -0.15) is 4.89 Å². The maximum absolute atomic E-state index is 13.8. The van der Waals surface area contributed by atoms with Crippen LogP contribution in [0.25, 0.3) is 0 Å². The zero-order valence-electron chi connectivity index (χ0n) is 22.0. The molecule has 10 nitrogen and oxygen atoms in total. The van der Waals surface area contributed by atoms with Crippen molar-refractivity contribution in [3.63, 3.8) is 0 Å². The maximum Gasteiger partial charge on any atom is 0.330 e. The fourth-order valence-corrected chi connectivity index (χ4v) is 6.04. The van der Waals surface area contributed by atoms with E-state index in [1.54, 1.807) is 0 Å². The summed E-state index contributed by atoms with van der Waals surface area (Å²) >= 11 is 0. The van der Waals surface area contributed by atoms with Crippen molar-refractivity contribution in [2.75, 3.05) is 20.8 Å². The molecule has 1 fully saturated rings. The van der Waals surface area contributed by atoms with Gasteiger partial charge in [-0.25, -0.2) is 9.68 Å². The third-order valence-corrected chi connectivity index (χ3v) is 7.52. The Hall–Kier alpha value is -3.90. The lowest BCUT2D eigenvalue weighted by molar-refractivity contribution is -0.470. The van der Waals surface area contributed by atoms with E-state index < -0.39 is 47.0 Å². The summed E-state index contributed by atoms with van der Waals surface area (Å²) in [6, 6.07) is 28.8. The van der Waals surface area contributed by atoms with Crippen LogP contribution in [0.4, 0.5) is 0 Å². The van der Waals surface area contributed by atoms with Crippen LogP contribution in [0.1, 0.15) is 16.7 Å². The van der Waals surface area contributed by atoms with Gasteiger partial charge in [-0.1, -0.05) is 91.0 Å². The van der Waals surface area contributed by atoms with Crippen molar-refractivity contribution < 1.29 is 29.5 Å². The Bertz CT molecular complexity index is 1450. The monoisotopic (exact) mass is 546 g/mol. The summed E-state index contributed by atoms with van der Waals surface area (Å²) in [6.07, 6.45) is -1.74. The van der Waals surface area contributed by atoms with Gasteiger partial charge in [-0.15, -0.1) is 0 Å². The number of aromatic amines is 1.